The van der Waals surface area contributed by atoms with Crippen LogP contribution in [0, 0.1) is 0 Å². The Balaban J connectivity index is 1.57. The van der Waals surface area contributed by atoms with E-state index in [0.717, 1.165) is 28.3 Å². The fourth-order valence-electron chi connectivity index (χ4n) is 5.24. The summed E-state index contributed by atoms with van der Waals surface area (Å²) >= 11 is 1.54. The molecular formula is C32H41N3O4S. The van der Waals surface area contributed by atoms with Crippen molar-refractivity contribution in [2.45, 2.75) is 71.7 Å². The van der Waals surface area contributed by atoms with E-state index in [1.807, 2.05) is 79.9 Å². The summed E-state index contributed by atoms with van der Waals surface area (Å²) in [4.78, 5) is 32.2. The van der Waals surface area contributed by atoms with Crippen molar-refractivity contribution in [2.75, 3.05) is 19.6 Å². The van der Waals surface area contributed by atoms with E-state index in [1.165, 1.54) is 0 Å². The van der Waals surface area contributed by atoms with E-state index in [4.69, 9.17) is 9.47 Å². The van der Waals surface area contributed by atoms with E-state index in [2.05, 4.69) is 37.9 Å². The highest BCUT2D eigenvalue weighted by molar-refractivity contribution is 7.10. The van der Waals surface area contributed by atoms with Crippen molar-refractivity contribution in [1.29, 1.82) is 0 Å². The molecule has 0 bridgehead atoms. The molecule has 0 spiro atoms. The minimum Gasteiger partial charge on any atom is -0.457 e. The topological polar surface area (TPSA) is 71.1 Å². The number of carbonyl (C=O) groups excluding carboxylic acids is 2. The molecule has 2 aromatic carbocycles. The zero-order chi connectivity index (χ0) is 28.9. The maximum Gasteiger partial charge on any atom is 0.411 e. The van der Waals surface area contributed by atoms with Crippen LogP contribution in [0.1, 0.15) is 63.6 Å². The molecule has 1 unspecified atom stereocenters. The molecule has 1 aliphatic rings. The molecule has 8 heteroatoms. The van der Waals surface area contributed by atoms with Crippen LogP contribution in [0.2, 0.25) is 0 Å². The second kappa shape index (κ2) is 12.9. The number of nitrogens with one attached hydrogen (secondary N) is 1. The summed E-state index contributed by atoms with van der Waals surface area (Å²) in [5.41, 5.74) is 0.968. The van der Waals surface area contributed by atoms with Gasteiger partial charge in [0.05, 0.1) is 0 Å². The Morgan fingerprint density at radius 3 is 2.40 bits per heavy atom. The average molecular weight is 564 g/mol. The van der Waals surface area contributed by atoms with Crippen LogP contribution in [-0.4, -0.2) is 53.5 Å². The van der Waals surface area contributed by atoms with Gasteiger partial charge in [0.15, 0.2) is 0 Å². The van der Waals surface area contributed by atoms with E-state index in [0.29, 0.717) is 37.3 Å². The van der Waals surface area contributed by atoms with Gasteiger partial charge in [-0.15, -0.1) is 11.3 Å². The second-order valence-electron chi connectivity index (χ2n) is 11.2. The fourth-order valence-corrected chi connectivity index (χ4v) is 6.02. The van der Waals surface area contributed by atoms with E-state index < -0.39 is 17.7 Å². The first-order valence-corrected chi connectivity index (χ1v) is 14.9. The van der Waals surface area contributed by atoms with E-state index in [-0.39, 0.29) is 5.91 Å². The van der Waals surface area contributed by atoms with Crippen LogP contribution < -0.4 is 10.1 Å². The van der Waals surface area contributed by atoms with Gasteiger partial charge in [-0.05, 0) is 94.8 Å². The molecule has 40 heavy (non-hydrogen) atoms. The summed E-state index contributed by atoms with van der Waals surface area (Å²) in [6.07, 6.45) is 0.0912. The molecule has 2 heterocycles. The number of thiophene rings is 1. The number of rotatable bonds is 10. The number of hydrogen-bond donors (Lipinski definition) is 1. The fraction of sp³-hybridized carbons (Fsp3) is 0.438. The monoisotopic (exact) mass is 563 g/mol. The first kappa shape index (κ1) is 29.6. The molecule has 0 radical (unpaired) electrons. The van der Waals surface area contributed by atoms with Gasteiger partial charge in [0.2, 0.25) is 5.91 Å². The Kier molecular flexibility index (Phi) is 9.53. The van der Waals surface area contributed by atoms with Crippen LogP contribution in [0.5, 0.6) is 11.5 Å². The lowest BCUT2D eigenvalue weighted by molar-refractivity contribution is -0.127. The number of benzene rings is 2. The molecule has 0 aliphatic carbocycles. The lowest BCUT2D eigenvalue weighted by Crippen LogP contribution is -2.50. The Morgan fingerprint density at radius 1 is 1.02 bits per heavy atom. The quantitative estimate of drug-likeness (QED) is 0.296. The Bertz CT molecular complexity index is 1270. The van der Waals surface area contributed by atoms with E-state index in [9.17, 15) is 9.59 Å². The summed E-state index contributed by atoms with van der Waals surface area (Å²) in [7, 11) is 0. The third kappa shape index (κ3) is 7.04. The number of carbonyl (C=O) groups is 2. The van der Waals surface area contributed by atoms with Crippen molar-refractivity contribution >= 4 is 23.3 Å². The molecule has 1 atom stereocenters. The third-order valence-electron chi connectivity index (χ3n) is 7.26. The van der Waals surface area contributed by atoms with Crippen LogP contribution in [0.25, 0.3) is 0 Å². The van der Waals surface area contributed by atoms with Crippen molar-refractivity contribution in [3.05, 3.63) is 82.0 Å². The maximum atomic E-state index is 13.8. The van der Waals surface area contributed by atoms with Crippen molar-refractivity contribution in [3.63, 3.8) is 0 Å². The van der Waals surface area contributed by atoms with Crippen LogP contribution in [0.3, 0.4) is 0 Å². The molecule has 1 aliphatic heterocycles. The van der Waals surface area contributed by atoms with Gasteiger partial charge in [-0.3, -0.25) is 14.6 Å². The Labute approximate surface area is 242 Å². The van der Waals surface area contributed by atoms with Gasteiger partial charge in [-0.25, -0.2) is 4.79 Å². The molecule has 2 amide bonds. The normalized spacial score (nSPS) is 15.3. The lowest BCUT2D eigenvalue weighted by Gasteiger charge is -2.38. The summed E-state index contributed by atoms with van der Waals surface area (Å²) in [6, 6.07) is 19.2. The largest absolute Gasteiger partial charge is 0.457 e. The molecule has 1 N–H and O–H groups in total. The van der Waals surface area contributed by atoms with E-state index >= 15 is 0 Å². The third-order valence-corrected chi connectivity index (χ3v) is 8.43. The summed E-state index contributed by atoms with van der Waals surface area (Å²) < 4.78 is 12.1. The van der Waals surface area contributed by atoms with Gasteiger partial charge in [0.25, 0.3) is 0 Å². The first-order valence-electron chi connectivity index (χ1n) is 14.0. The van der Waals surface area contributed by atoms with Crippen molar-refractivity contribution < 1.29 is 19.1 Å². The van der Waals surface area contributed by atoms with Gasteiger partial charge in [-0.1, -0.05) is 30.3 Å². The molecule has 4 rings (SSSR count). The minimum atomic E-state index is -0.811. The summed E-state index contributed by atoms with van der Waals surface area (Å²) in [5.74, 6) is 1.23. The van der Waals surface area contributed by atoms with Crippen LogP contribution in [-0.2, 0) is 21.6 Å². The van der Waals surface area contributed by atoms with Gasteiger partial charge in [0.1, 0.15) is 23.1 Å². The zero-order valence-electron chi connectivity index (χ0n) is 24.3. The molecule has 0 fully saturated rings. The number of nitrogens with zero attached hydrogens (tertiary/aromatic N) is 2. The average Bonchev–Trinajstić information content (AvgIpc) is 3.46. The smallest absolute Gasteiger partial charge is 0.411 e. The standard InChI is InChI=1S/C32H41N3O4S/c1-22(2)34(23(3)4)19-17-33-30(36)29-27-15-14-26(38-25-11-8-7-9-12-25)21-24(27)16-18-35(29)31(37)39-32(5,6)28-13-10-20-40-28/h7-15,20-23,29H,16-19H2,1-6H3,(H,33,36). The molecule has 7 nitrogen and oxygen atoms in total. The van der Waals surface area contributed by atoms with Gasteiger partial charge >= 0.3 is 6.09 Å². The van der Waals surface area contributed by atoms with Crippen molar-refractivity contribution in [3.8, 4) is 11.5 Å². The number of hydrogen-bond acceptors (Lipinski definition) is 6. The highest BCUT2D eigenvalue weighted by atomic mass is 32.1. The molecule has 0 saturated heterocycles. The van der Waals surface area contributed by atoms with Crippen molar-refractivity contribution in [1.82, 2.24) is 15.1 Å². The molecule has 214 valence electrons. The lowest BCUT2D eigenvalue weighted by atomic mass is 9.92. The molecule has 0 saturated carbocycles. The summed E-state index contributed by atoms with van der Waals surface area (Å²) in [6.45, 7) is 13.9. The van der Waals surface area contributed by atoms with Crippen molar-refractivity contribution in [2.24, 2.45) is 0 Å². The number of amides is 2. The highest BCUT2D eigenvalue weighted by Gasteiger charge is 2.39. The van der Waals surface area contributed by atoms with Crippen LogP contribution in [0.4, 0.5) is 4.79 Å². The number of fused-ring (bicyclic) bond motifs is 1. The second-order valence-corrected chi connectivity index (χ2v) is 12.1. The summed E-state index contributed by atoms with van der Waals surface area (Å²) in [5, 5.41) is 5.07. The van der Waals surface area contributed by atoms with E-state index in [1.54, 1.807) is 16.2 Å². The molecule has 3 aromatic rings. The number of ether oxygens (including phenoxy) is 2. The SMILES string of the molecule is CC(C)N(CCNC(=O)C1c2ccc(Oc3ccccc3)cc2CCN1C(=O)OC(C)(C)c1cccs1)C(C)C. The molecular weight excluding hydrogens is 522 g/mol. The predicted octanol–water partition coefficient (Wildman–Crippen LogP) is 6.75. The first-order chi connectivity index (χ1) is 19.1. The predicted molar refractivity (Wildman–Crippen MR) is 160 cm³/mol. The van der Waals surface area contributed by atoms with Crippen LogP contribution >= 0.6 is 11.3 Å². The van der Waals surface area contributed by atoms with Gasteiger partial charge < -0.3 is 14.8 Å². The Morgan fingerprint density at radius 2 is 1.75 bits per heavy atom. The number of para-hydroxylation sites is 1. The highest BCUT2D eigenvalue weighted by Crippen LogP contribution is 2.36. The van der Waals surface area contributed by atoms with Gasteiger partial charge in [-0.2, -0.15) is 0 Å². The van der Waals surface area contributed by atoms with Gasteiger partial charge in [0, 0.05) is 36.6 Å². The zero-order valence-corrected chi connectivity index (χ0v) is 25.2. The van der Waals surface area contributed by atoms with Crippen LogP contribution in [0.15, 0.2) is 66.0 Å². The minimum absolute atomic E-state index is 0.212. The maximum absolute atomic E-state index is 13.8. The molecule has 1 aromatic heterocycles. The Hall–Kier alpha value is -3.36.